The van der Waals surface area contributed by atoms with Crippen LogP contribution in [0.2, 0.25) is 0 Å². The summed E-state index contributed by atoms with van der Waals surface area (Å²) in [6.07, 6.45) is 3.09. The van der Waals surface area contributed by atoms with Crippen LogP contribution in [0.25, 0.3) is 0 Å². The lowest BCUT2D eigenvalue weighted by Crippen LogP contribution is -2.30. The smallest absolute Gasteiger partial charge is 0.224 e. The van der Waals surface area contributed by atoms with Gasteiger partial charge in [-0.2, -0.15) is 0 Å². The summed E-state index contributed by atoms with van der Waals surface area (Å²) < 4.78 is 0. The third-order valence-electron chi connectivity index (χ3n) is 3.74. The molecule has 1 aromatic carbocycles. The molecule has 1 aliphatic rings. The van der Waals surface area contributed by atoms with E-state index in [9.17, 15) is 4.79 Å². The number of hydrogen-bond acceptors (Lipinski definition) is 2. The van der Waals surface area contributed by atoms with Gasteiger partial charge in [0.1, 0.15) is 0 Å². The summed E-state index contributed by atoms with van der Waals surface area (Å²) in [7, 11) is 0. The Hall–Kier alpha value is -1.35. The van der Waals surface area contributed by atoms with Crippen LogP contribution < -0.4 is 11.1 Å². The molecule has 0 aromatic heterocycles. The molecule has 3 heteroatoms. The molecule has 0 aliphatic heterocycles. The summed E-state index contributed by atoms with van der Waals surface area (Å²) in [6.45, 7) is 3.50. The third kappa shape index (κ3) is 3.57. The largest absolute Gasteiger partial charge is 0.356 e. The Bertz CT molecular complexity index is 413. The molecule has 2 rings (SSSR count). The Morgan fingerprint density at radius 3 is 2.67 bits per heavy atom. The number of benzene rings is 1. The molecule has 1 saturated carbocycles. The van der Waals surface area contributed by atoms with Gasteiger partial charge in [0.05, 0.1) is 6.42 Å². The van der Waals surface area contributed by atoms with Gasteiger partial charge in [0.2, 0.25) is 5.91 Å². The Labute approximate surface area is 109 Å². The highest BCUT2D eigenvalue weighted by Crippen LogP contribution is 2.36. The van der Waals surface area contributed by atoms with Gasteiger partial charge in [-0.25, -0.2) is 0 Å². The number of rotatable bonds is 6. The number of hydrogen-bond donors (Lipinski definition) is 2. The van der Waals surface area contributed by atoms with Crippen LogP contribution in [0.5, 0.6) is 0 Å². The van der Waals surface area contributed by atoms with E-state index >= 15 is 0 Å². The van der Waals surface area contributed by atoms with Gasteiger partial charge in [-0.1, -0.05) is 31.2 Å². The topological polar surface area (TPSA) is 55.1 Å². The first kappa shape index (κ1) is 13.1. The molecule has 1 amide bonds. The van der Waals surface area contributed by atoms with E-state index in [1.54, 1.807) is 0 Å². The maximum atomic E-state index is 11.9. The fourth-order valence-corrected chi connectivity index (χ4v) is 2.27. The summed E-state index contributed by atoms with van der Waals surface area (Å²) in [4.78, 5) is 11.9. The van der Waals surface area contributed by atoms with Crippen LogP contribution in [0.15, 0.2) is 24.3 Å². The number of amides is 1. The van der Waals surface area contributed by atoms with Crippen molar-refractivity contribution in [3.05, 3.63) is 35.4 Å². The first-order chi connectivity index (χ1) is 8.70. The van der Waals surface area contributed by atoms with Gasteiger partial charge in [-0.3, -0.25) is 4.79 Å². The lowest BCUT2D eigenvalue weighted by atomic mass is 10.0. The van der Waals surface area contributed by atoms with Gasteiger partial charge >= 0.3 is 0 Å². The van der Waals surface area contributed by atoms with Crippen LogP contribution in [0, 0.1) is 11.8 Å². The zero-order chi connectivity index (χ0) is 13.0. The monoisotopic (exact) mass is 246 g/mol. The molecule has 18 heavy (non-hydrogen) atoms. The van der Waals surface area contributed by atoms with E-state index in [2.05, 4.69) is 12.2 Å². The summed E-state index contributed by atoms with van der Waals surface area (Å²) in [5, 5.41) is 3.02. The average molecular weight is 246 g/mol. The molecule has 0 spiro atoms. The summed E-state index contributed by atoms with van der Waals surface area (Å²) in [5.74, 6) is 1.55. The Kier molecular flexibility index (Phi) is 4.37. The van der Waals surface area contributed by atoms with Gasteiger partial charge in [-0.15, -0.1) is 0 Å². The van der Waals surface area contributed by atoms with Crippen molar-refractivity contribution in [1.82, 2.24) is 5.32 Å². The molecule has 1 fully saturated rings. The molecule has 0 bridgehead atoms. The second kappa shape index (κ2) is 6.01. The van der Waals surface area contributed by atoms with Gasteiger partial charge in [0.25, 0.3) is 0 Å². The molecule has 1 aliphatic carbocycles. The fraction of sp³-hybridized carbons (Fsp3) is 0.533. The number of carbonyl (C=O) groups is 1. The lowest BCUT2D eigenvalue weighted by Gasteiger charge is -2.12. The predicted octanol–water partition coefficient (Wildman–Crippen LogP) is 1.85. The molecule has 98 valence electrons. The zero-order valence-electron chi connectivity index (χ0n) is 11.0. The standard InChI is InChI=1S/C15H22N2O/c1-11(12-6-7-12)10-17-15(18)8-13-4-2-3-5-14(13)9-16/h2-5,11-12H,6-10,16H2,1H3,(H,17,18). The number of nitrogens with two attached hydrogens (primary N) is 1. The van der Waals surface area contributed by atoms with Crippen molar-refractivity contribution in [1.29, 1.82) is 0 Å². The maximum Gasteiger partial charge on any atom is 0.224 e. The van der Waals surface area contributed by atoms with Gasteiger partial charge in [0.15, 0.2) is 0 Å². The SMILES string of the molecule is CC(CNC(=O)Cc1ccccc1CN)C1CC1. The minimum atomic E-state index is 0.100. The minimum Gasteiger partial charge on any atom is -0.356 e. The van der Waals surface area contributed by atoms with Crippen molar-refractivity contribution in [3.63, 3.8) is 0 Å². The van der Waals surface area contributed by atoms with Crippen molar-refractivity contribution >= 4 is 5.91 Å². The molecule has 3 N–H and O–H groups in total. The number of nitrogens with one attached hydrogen (secondary N) is 1. The van der Waals surface area contributed by atoms with Crippen LogP contribution in [0.3, 0.4) is 0 Å². The molecule has 1 unspecified atom stereocenters. The zero-order valence-corrected chi connectivity index (χ0v) is 11.0. The first-order valence-corrected chi connectivity index (χ1v) is 6.74. The highest BCUT2D eigenvalue weighted by molar-refractivity contribution is 5.78. The molecule has 1 atom stereocenters. The van der Waals surface area contributed by atoms with E-state index in [1.165, 1.54) is 12.8 Å². The van der Waals surface area contributed by atoms with Crippen molar-refractivity contribution in [2.75, 3.05) is 6.54 Å². The Balaban J connectivity index is 1.82. The molecule has 0 radical (unpaired) electrons. The summed E-state index contributed by atoms with van der Waals surface area (Å²) in [5.41, 5.74) is 7.76. The van der Waals surface area contributed by atoms with Crippen LogP contribution in [0.1, 0.15) is 30.9 Å². The lowest BCUT2D eigenvalue weighted by molar-refractivity contribution is -0.120. The van der Waals surface area contributed by atoms with Crippen LogP contribution in [-0.2, 0) is 17.8 Å². The van der Waals surface area contributed by atoms with Crippen molar-refractivity contribution in [2.45, 2.75) is 32.7 Å². The molecule has 3 nitrogen and oxygen atoms in total. The molecular weight excluding hydrogens is 224 g/mol. The minimum absolute atomic E-state index is 0.100. The van der Waals surface area contributed by atoms with E-state index in [0.29, 0.717) is 18.9 Å². The van der Waals surface area contributed by atoms with Crippen molar-refractivity contribution in [3.8, 4) is 0 Å². The van der Waals surface area contributed by atoms with Crippen LogP contribution >= 0.6 is 0 Å². The fourth-order valence-electron chi connectivity index (χ4n) is 2.27. The second-order valence-electron chi connectivity index (χ2n) is 5.27. The van der Waals surface area contributed by atoms with Gasteiger partial charge in [0, 0.05) is 13.1 Å². The maximum absolute atomic E-state index is 11.9. The second-order valence-corrected chi connectivity index (χ2v) is 5.27. The van der Waals surface area contributed by atoms with Crippen LogP contribution in [0.4, 0.5) is 0 Å². The molecular formula is C15H22N2O. The number of carbonyl (C=O) groups excluding carboxylic acids is 1. The highest BCUT2D eigenvalue weighted by atomic mass is 16.1. The van der Waals surface area contributed by atoms with Gasteiger partial charge in [-0.05, 0) is 35.8 Å². The molecule has 0 heterocycles. The summed E-state index contributed by atoms with van der Waals surface area (Å²) in [6, 6.07) is 7.87. The molecule has 1 aromatic rings. The third-order valence-corrected chi connectivity index (χ3v) is 3.74. The predicted molar refractivity (Wildman–Crippen MR) is 72.9 cm³/mol. The van der Waals surface area contributed by atoms with Crippen molar-refractivity contribution in [2.24, 2.45) is 17.6 Å². The normalized spacial score (nSPS) is 16.3. The average Bonchev–Trinajstić information content (AvgIpc) is 3.21. The quantitative estimate of drug-likeness (QED) is 0.805. The van der Waals surface area contributed by atoms with Crippen LogP contribution in [-0.4, -0.2) is 12.5 Å². The van der Waals surface area contributed by atoms with E-state index < -0.39 is 0 Å². The Morgan fingerprint density at radius 1 is 1.39 bits per heavy atom. The van der Waals surface area contributed by atoms with Gasteiger partial charge < -0.3 is 11.1 Å². The van der Waals surface area contributed by atoms with E-state index in [1.807, 2.05) is 24.3 Å². The van der Waals surface area contributed by atoms with Crippen molar-refractivity contribution < 1.29 is 4.79 Å². The molecule has 0 saturated heterocycles. The van der Waals surface area contributed by atoms with E-state index in [4.69, 9.17) is 5.73 Å². The highest BCUT2D eigenvalue weighted by Gasteiger charge is 2.27. The Morgan fingerprint density at radius 2 is 2.06 bits per heavy atom. The summed E-state index contributed by atoms with van der Waals surface area (Å²) >= 11 is 0. The van der Waals surface area contributed by atoms with E-state index in [0.717, 1.165) is 23.6 Å². The van der Waals surface area contributed by atoms with E-state index in [-0.39, 0.29) is 5.91 Å². The first-order valence-electron chi connectivity index (χ1n) is 6.74.